The number of ether oxygens (including phenoxy) is 5. The number of rotatable bonds is 8. The summed E-state index contributed by atoms with van der Waals surface area (Å²) in [7, 11) is 0. The number of aliphatic hydroxyl groups excluding tert-OH is 1. The van der Waals surface area contributed by atoms with Gasteiger partial charge >= 0.3 is 0 Å². The number of unbranched alkanes of at least 4 members (excludes halogenated alkanes) is 1. The summed E-state index contributed by atoms with van der Waals surface area (Å²) in [4.78, 5) is 0. The number of benzene rings is 2. The van der Waals surface area contributed by atoms with Crippen LogP contribution in [-0.2, 0) is 23.7 Å². The Bertz CT molecular complexity index is 776. The minimum atomic E-state index is -0.826. The van der Waals surface area contributed by atoms with E-state index in [0.29, 0.717) is 13.2 Å². The predicted octanol–water partition coefficient (Wildman–Crippen LogP) is 4.14. The van der Waals surface area contributed by atoms with E-state index in [1.165, 1.54) is 0 Å². The first kappa shape index (κ1) is 22.9. The van der Waals surface area contributed by atoms with Crippen molar-refractivity contribution in [2.45, 2.75) is 49.8 Å². The summed E-state index contributed by atoms with van der Waals surface area (Å²) in [5, 5.41) is 11.7. The monoisotopic (exact) mass is 492 g/mol. The SMILES string of the molecule is O[C@@H]1COC(c2ccccc2)O[C@H]1[C@@H]1OC(c2ccccc2)OC[C@H]1OCCCCBr. The molecule has 2 saturated heterocycles. The third-order valence-corrected chi connectivity index (χ3v) is 6.03. The number of hydrogen-bond donors (Lipinski definition) is 1. The van der Waals surface area contributed by atoms with Gasteiger partial charge in [-0.2, -0.15) is 0 Å². The normalized spacial score (nSPS) is 31.4. The Morgan fingerprint density at radius 3 is 2.00 bits per heavy atom. The first-order chi connectivity index (χ1) is 15.3. The molecular weight excluding hydrogens is 464 g/mol. The molecule has 6 atom stereocenters. The molecule has 1 N–H and O–H groups in total. The fraction of sp³-hybridized carbons (Fsp3) is 0.500. The fourth-order valence-corrected chi connectivity index (χ4v) is 4.23. The van der Waals surface area contributed by atoms with Crippen LogP contribution in [0.4, 0.5) is 0 Å². The summed E-state index contributed by atoms with van der Waals surface area (Å²) in [5.74, 6) is 0. The van der Waals surface area contributed by atoms with Gasteiger partial charge in [0.1, 0.15) is 24.4 Å². The molecule has 0 spiro atoms. The summed E-state index contributed by atoms with van der Waals surface area (Å²) in [6.07, 6.45) is -1.41. The van der Waals surface area contributed by atoms with E-state index in [2.05, 4.69) is 15.9 Å². The average molecular weight is 493 g/mol. The maximum atomic E-state index is 10.7. The molecule has 0 saturated carbocycles. The van der Waals surface area contributed by atoms with Crippen LogP contribution < -0.4 is 0 Å². The highest BCUT2D eigenvalue weighted by Crippen LogP contribution is 2.35. The third kappa shape index (κ3) is 5.93. The Labute approximate surface area is 191 Å². The lowest BCUT2D eigenvalue weighted by atomic mass is 10.00. The molecule has 168 valence electrons. The molecule has 0 aliphatic carbocycles. The molecule has 4 rings (SSSR count). The molecule has 2 aromatic rings. The second kappa shape index (κ2) is 11.5. The van der Waals surface area contributed by atoms with Crippen LogP contribution >= 0.6 is 15.9 Å². The summed E-state index contributed by atoms with van der Waals surface area (Å²) < 4.78 is 30.4. The lowest BCUT2D eigenvalue weighted by molar-refractivity contribution is -0.335. The molecule has 0 amide bonds. The molecule has 2 aliphatic heterocycles. The first-order valence-corrected chi connectivity index (χ1v) is 11.9. The van der Waals surface area contributed by atoms with Gasteiger partial charge in [-0.05, 0) is 12.8 Å². The number of hydrogen-bond acceptors (Lipinski definition) is 6. The molecule has 0 bridgehead atoms. The van der Waals surface area contributed by atoms with E-state index in [4.69, 9.17) is 23.7 Å². The minimum Gasteiger partial charge on any atom is -0.388 e. The Hall–Kier alpha value is -1.32. The van der Waals surface area contributed by atoms with Crippen LogP contribution in [0.15, 0.2) is 60.7 Å². The Balaban J connectivity index is 1.51. The van der Waals surface area contributed by atoms with Crippen molar-refractivity contribution in [1.82, 2.24) is 0 Å². The van der Waals surface area contributed by atoms with Crippen molar-refractivity contribution >= 4 is 15.9 Å². The van der Waals surface area contributed by atoms with Crippen molar-refractivity contribution in [2.75, 3.05) is 25.2 Å². The van der Waals surface area contributed by atoms with Gasteiger partial charge in [-0.25, -0.2) is 0 Å². The average Bonchev–Trinajstić information content (AvgIpc) is 2.83. The van der Waals surface area contributed by atoms with E-state index in [1.54, 1.807) is 0 Å². The summed E-state index contributed by atoms with van der Waals surface area (Å²) >= 11 is 3.45. The van der Waals surface area contributed by atoms with Crippen LogP contribution in [0.25, 0.3) is 0 Å². The van der Waals surface area contributed by atoms with Gasteiger partial charge < -0.3 is 28.8 Å². The van der Waals surface area contributed by atoms with Crippen LogP contribution in [0.5, 0.6) is 0 Å². The molecule has 31 heavy (non-hydrogen) atoms. The van der Waals surface area contributed by atoms with E-state index >= 15 is 0 Å². The second-order valence-corrected chi connectivity index (χ2v) is 8.52. The summed E-state index contributed by atoms with van der Waals surface area (Å²) in [6.45, 7) is 1.12. The molecule has 0 aromatic heterocycles. The summed E-state index contributed by atoms with van der Waals surface area (Å²) in [6, 6.07) is 19.5. The van der Waals surface area contributed by atoms with E-state index < -0.39 is 30.9 Å². The molecule has 2 aliphatic rings. The van der Waals surface area contributed by atoms with Gasteiger partial charge in [0.05, 0.1) is 13.2 Å². The first-order valence-electron chi connectivity index (χ1n) is 10.8. The van der Waals surface area contributed by atoms with Gasteiger partial charge in [-0.1, -0.05) is 76.6 Å². The highest BCUT2D eigenvalue weighted by molar-refractivity contribution is 9.09. The zero-order valence-corrected chi connectivity index (χ0v) is 18.9. The molecule has 0 radical (unpaired) electrons. The largest absolute Gasteiger partial charge is 0.388 e. The zero-order valence-electron chi connectivity index (χ0n) is 17.3. The van der Waals surface area contributed by atoms with Crippen molar-refractivity contribution in [3.63, 3.8) is 0 Å². The van der Waals surface area contributed by atoms with Crippen LogP contribution in [0.3, 0.4) is 0 Å². The van der Waals surface area contributed by atoms with Gasteiger partial charge in [-0.3, -0.25) is 0 Å². The maximum Gasteiger partial charge on any atom is 0.184 e. The van der Waals surface area contributed by atoms with Crippen molar-refractivity contribution in [3.8, 4) is 0 Å². The van der Waals surface area contributed by atoms with Crippen LogP contribution in [0, 0.1) is 0 Å². The fourth-order valence-electron chi connectivity index (χ4n) is 3.83. The van der Waals surface area contributed by atoms with Gasteiger partial charge in [0, 0.05) is 23.1 Å². The highest BCUT2D eigenvalue weighted by atomic mass is 79.9. The molecule has 6 nitrogen and oxygen atoms in total. The summed E-state index contributed by atoms with van der Waals surface area (Å²) in [5.41, 5.74) is 1.83. The van der Waals surface area contributed by atoms with Gasteiger partial charge in [-0.15, -0.1) is 0 Å². The van der Waals surface area contributed by atoms with E-state index in [1.807, 2.05) is 60.7 Å². The van der Waals surface area contributed by atoms with Gasteiger partial charge in [0.2, 0.25) is 0 Å². The van der Waals surface area contributed by atoms with Crippen molar-refractivity contribution in [3.05, 3.63) is 71.8 Å². The van der Waals surface area contributed by atoms with E-state index in [9.17, 15) is 5.11 Å². The van der Waals surface area contributed by atoms with Crippen molar-refractivity contribution < 1.29 is 28.8 Å². The quantitative estimate of drug-likeness (QED) is 0.441. The zero-order chi connectivity index (χ0) is 21.5. The Morgan fingerprint density at radius 2 is 1.39 bits per heavy atom. The topological polar surface area (TPSA) is 66.4 Å². The molecule has 2 aromatic carbocycles. The Kier molecular flexibility index (Phi) is 8.49. The number of halogens is 1. The van der Waals surface area contributed by atoms with Crippen LogP contribution in [-0.4, -0.2) is 54.7 Å². The molecule has 2 heterocycles. The minimum absolute atomic E-state index is 0.164. The molecular formula is C24H29BrO6. The van der Waals surface area contributed by atoms with E-state index in [-0.39, 0.29) is 12.7 Å². The maximum absolute atomic E-state index is 10.7. The lowest BCUT2D eigenvalue weighted by Crippen LogP contribution is -2.56. The number of aliphatic hydroxyl groups is 1. The van der Waals surface area contributed by atoms with Crippen molar-refractivity contribution in [2.24, 2.45) is 0 Å². The smallest absolute Gasteiger partial charge is 0.184 e. The second-order valence-electron chi connectivity index (χ2n) is 7.73. The van der Waals surface area contributed by atoms with Gasteiger partial charge in [0.15, 0.2) is 12.6 Å². The number of alkyl halides is 1. The molecule has 2 unspecified atom stereocenters. The van der Waals surface area contributed by atoms with Crippen LogP contribution in [0.1, 0.15) is 36.5 Å². The molecule has 2 fully saturated rings. The van der Waals surface area contributed by atoms with Crippen LogP contribution in [0.2, 0.25) is 0 Å². The third-order valence-electron chi connectivity index (χ3n) is 5.46. The Morgan fingerprint density at radius 1 is 0.806 bits per heavy atom. The predicted molar refractivity (Wildman–Crippen MR) is 119 cm³/mol. The van der Waals surface area contributed by atoms with E-state index in [0.717, 1.165) is 29.3 Å². The standard InChI is InChI=1S/C24H29BrO6/c25-13-7-8-14-27-20-16-29-24(18-11-5-2-6-12-18)31-22(20)21-19(26)15-28-23(30-21)17-9-3-1-4-10-17/h1-6,9-12,19-24,26H,7-8,13-16H2/t19-,20-,21-,22-,23?,24?/m1/s1. The lowest BCUT2D eigenvalue weighted by Gasteiger charge is -2.44. The van der Waals surface area contributed by atoms with Gasteiger partial charge in [0.25, 0.3) is 0 Å². The highest BCUT2D eigenvalue weighted by Gasteiger charge is 2.45. The van der Waals surface area contributed by atoms with Crippen molar-refractivity contribution in [1.29, 1.82) is 0 Å². The molecule has 7 heteroatoms.